The van der Waals surface area contributed by atoms with Crippen LogP contribution in [0.2, 0.25) is 0 Å². The van der Waals surface area contributed by atoms with Gasteiger partial charge in [-0.2, -0.15) is 6.07 Å². The van der Waals surface area contributed by atoms with Crippen molar-refractivity contribution in [3.63, 3.8) is 0 Å². The third kappa shape index (κ3) is 10.3. The van der Waals surface area contributed by atoms with E-state index in [9.17, 15) is 4.79 Å². The zero-order chi connectivity index (χ0) is 34.2. The number of para-hydroxylation sites is 1. The van der Waals surface area contributed by atoms with E-state index in [0.717, 1.165) is 10.9 Å². The summed E-state index contributed by atoms with van der Waals surface area (Å²) in [4.78, 5) is 14.5. The van der Waals surface area contributed by atoms with Crippen molar-refractivity contribution in [1.82, 2.24) is 4.98 Å². The molecular formula is C46H39NOP2Rh+3. The van der Waals surface area contributed by atoms with Crippen LogP contribution < -0.4 is 31.8 Å². The molecule has 0 bridgehead atoms. The van der Waals surface area contributed by atoms with Gasteiger partial charge in [0.05, 0.1) is 22.1 Å². The van der Waals surface area contributed by atoms with Crippen molar-refractivity contribution >= 4 is 64.9 Å². The van der Waals surface area contributed by atoms with Crippen molar-refractivity contribution in [2.75, 3.05) is 0 Å². The Balaban J connectivity index is 0.000000151. The van der Waals surface area contributed by atoms with Crippen LogP contribution in [0.3, 0.4) is 0 Å². The van der Waals surface area contributed by atoms with Crippen molar-refractivity contribution in [3.8, 4) is 0 Å². The molecule has 1 aromatic heterocycles. The first kappa shape index (κ1) is 37.4. The molecule has 0 fully saturated rings. The van der Waals surface area contributed by atoms with Gasteiger partial charge in [-0.1, -0.05) is 127 Å². The fourth-order valence-corrected chi connectivity index (χ4v) is 11.0. The first-order chi connectivity index (χ1) is 24.8. The average molecular weight is 787 g/mol. The number of nitrogens with zero attached hydrogens (tertiary/aromatic N) is 1. The summed E-state index contributed by atoms with van der Waals surface area (Å²) >= 11 is 0. The minimum atomic E-state index is -0.877. The fraction of sp³-hybridized carbons (Fsp3) is 0. The zero-order valence-electron chi connectivity index (χ0n) is 28.0. The Morgan fingerprint density at radius 2 is 0.647 bits per heavy atom. The molecule has 250 valence electrons. The van der Waals surface area contributed by atoms with E-state index in [4.69, 9.17) is 0 Å². The van der Waals surface area contributed by atoms with Crippen molar-refractivity contribution in [3.05, 3.63) is 224 Å². The van der Waals surface area contributed by atoms with Crippen molar-refractivity contribution < 1.29 is 24.3 Å². The quantitative estimate of drug-likeness (QED) is 0.0940. The Kier molecular flexibility index (Phi) is 14.7. The first-order valence-electron chi connectivity index (χ1n) is 16.6. The number of fused-ring (bicyclic) bond motifs is 1. The van der Waals surface area contributed by atoms with Crippen molar-refractivity contribution in [2.24, 2.45) is 0 Å². The van der Waals surface area contributed by atoms with Crippen LogP contribution in [0, 0.1) is 0 Å². The van der Waals surface area contributed by atoms with Gasteiger partial charge in [0.25, 0.3) is 0 Å². The summed E-state index contributed by atoms with van der Waals surface area (Å²) in [5, 5.41) is 9.58. The SMILES string of the molecule is O=[C-]c1cccc2cccnc12.[RhH+2].c1ccc([PH+](c2ccccc2)c2ccccc2)cc1.c1ccc([PH+](c2ccccc2)c2ccccc2)cc1. The second kappa shape index (κ2) is 20.1. The summed E-state index contributed by atoms with van der Waals surface area (Å²) in [6.45, 7) is 0. The van der Waals surface area contributed by atoms with E-state index in [1.54, 1.807) is 12.3 Å². The molecule has 0 atom stereocenters. The summed E-state index contributed by atoms with van der Waals surface area (Å²) in [6, 6.07) is 74.2. The molecule has 1 heterocycles. The molecule has 0 aliphatic rings. The Bertz CT molecular complexity index is 1860. The smallest absolute Gasteiger partial charge is 0.0620 e. The van der Waals surface area contributed by atoms with Gasteiger partial charge in [0.15, 0.2) is 0 Å². The van der Waals surface area contributed by atoms with E-state index >= 15 is 0 Å². The maximum absolute atomic E-state index is 10.5. The van der Waals surface area contributed by atoms with Crippen LogP contribution in [0.5, 0.6) is 0 Å². The van der Waals surface area contributed by atoms with Gasteiger partial charge in [0.2, 0.25) is 0 Å². The number of carbonyl (C=O) groups excluding carboxylic acids is 1. The fourth-order valence-electron chi connectivity index (χ4n) is 5.82. The van der Waals surface area contributed by atoms with Crippen LogP contribution in [-0.2, 0) is 24.3 Å². The van der Waals surface area contributed by atoms with E-state index in [1.807, 2.05) is 30.6 Å². The second-order valence-corrected chi connectivity index (χ2v) is 16.4. The summed E-state index contributed by atoms with van der Waals surface area (Å²) in [6.07, 6.45) is 3.53. The number of pyridine rings is 1. The summed E-state index contributed by atoms with van der Waals surface area (Å²) in [7, 11) is -1.75. The Morgan fingerprint density at radius 3 is 0.941 bits per heavy atom. The predicted molar refractivity (Wildman–Crippen MR) is 221 cm³/mol. The van der Waals surface area contributed by atoms with Crippen LogP contribution in [0.1, 0.15) is 5.56 Å². The number of rotatable bonds is 7. The van der Waals surface area contributed by atoms with Gasteiger partial charge in [-0.25, -0.2) is 0 Å². The number of hydrogen-bond acceptors (Lipinski definition) is 2. The molecule has 2 nitrogen and oxygen atoms in total. The molecule has 7 aromatic carbocycles. The summed E-state index contributed by atoms with van der Waals surface area (Å²) in [5.74, 6) is 0. The summed E-state index contributed by atoms with van der Waals surface area (Å²) < 4.78 is 0. The second-order valence-electron chi connectivity index (χ2n) is 11.4. The molecule has 0 saturated carbocycles. The van der Waals surface area contributed by atoms with Crippen LogP contribution >= 0.6 is 15.8 Å². The molecule has 0 amide bonds. The summed E-state index contributed by atoms with van der Waals surface area (Å²) in [5.41, 5.74) is 1.24. The van der Waals surface area contributed by atoms with Gasteiger partial charge >= 0.3 is 19.5 Å². The third-order valence-electron chi connectivity index (χ3n) is 8.12. The molecule has 0 aliphatic carbocycles. The van der Waals surface area contributed by atoms with E-state index in [2.05, 4.69) is 187 Å². The van der Waals surface area contributed by atoms with Gasteiger partial charge in [-0.15, -0.1) is 11.6 Å². The monoisotopic (exact) mass is 786 g/mol. The zero-order valence-corrected chi connectivity index (χ0v) is 31.7. The van der Waals surface area contributed by atoms with E-state index in [-0.39, 0.29) is 19.5 Å². The molecule has 1 radical (unpaired) electrons. The van der Waals surface area contributed by atoms with Gasteiger partial charge in [0, 0.05) is 6.20 Å². The Labute approximate surface area is 316 Å². The van der Waals surface area contributed by atoms with Crippen LogP contribution in [0.4, 0.5) is 0 Å². The molecule has 0 N–H and O–H groups in total. The first-order valence-corrected chi connectivity index (χ1v) is 19.6. The van der Waals surface area contributed by atoms with Crippen molar-refractivity contribution in [2.45, 2.75) is 0 Å². The minimum absolute atomic E-state index is 0. The molecule has 0 aliphatic heterocycles. The van der Waals surface area contributed by atoms with Crippen LogP contribution in [0.25, 0.3) is 10.9 Å². The minimum Gasteiger partial charge on any atom is -0.0620 e. The molecule has 0 unspecified atom stereocenters. The van der Waals surface area contributed by atoms with Crippen molar-refractivity contribution in [1.29, 1.82) is 0 Å². The number of benzene rings is 7. The Hall–Kier alpha value is -4.90. The van der Waals surface area contributed by atoms with E-state index < -0.39 is 15.8 Å². The van der Waals surface area contributed by atoms with Gasteiger partial charge in [-0.05, 0) is 84.4 Å². The van der Waals surface area contributed by atoms with E-state index in [0.29, 0.717) is 5.56 Å². The van der Waals surface area contributed by atoms with E-state index in [1.165, 1.54) is 31.8 Å². The maximum atomic E-state index is 10.5. The normalized spacial score (nSPS) is 10.2. The molecule has 51 heavy (non-hydrogen) atoms. The van der Waals surface area contributed by atoms with Gasteiger partial charge in [-0.3, -0.25) is 0 Å². The largest absolute Gasteiger partial charge is 0.102 e. The number of aromatic nitrogens is 1. The molecule has 8 rings (SSSR count). The molecule has 8 aromatic rings. The van der Waals surface area contributed by atoms with Gasteiger partial charge < -0.3 is 9.78 Å². The average Bonchev–Trinajstić information content (AvgIpc) is 3.21. The van der Waals surface area contributed by atoms with Crippen LogP contribution in [0.15, 0.2) is 219 Å². The Morgan fingerprint density at radius 1 is 0.353 bits per heavy atom. The number of hydrogen-bond donors (Lipinski definition) is 0. The molecule has 5 heteroatoms. The predicted octanol–water partition coefficient (Wildman–Crippen LogP) is 7.78. The topological polar surface area (TPSA) is 30.0 Å². The van der Waals surface area contributed by atoms with Crippen LogP contribution in [-0.4, -0.2) is 11.3 Å². The third-order valence-corrected chi connectivity index (χ3v) is 13.6. The maximum Gasteiger partial charge on any atom is 0.102 e. The molecular weight excluding hydrogens is 747 g/mol. The van der Waals surface area contributed by atoms with Gasteiger partial charge in [0.1, 0.15) is 31.8 Å². The standard InChI is InChI=1S/2C18H15P.C10H6NO.Rh.H/c2*1-4-10-16(11-5-1)19(17-12-6-2-7-13-17)18-14-8-3-9-15-18;12-7-9-4-1-3-8-5-2-6-11-10(8)9;;/h2*1-15H;1-6H;;/q;;-1;+2;/p+2. The molecule has 0 spiro atoms. The molecule has 0 saturated heterocycles.